The van der Waals surface area contributed by atoms with Crippen LogP contribution in [0.1, 0.15) is 31.7 Å². The van der Waals surface area contributed by atoms with E-state index in [0.29, 0.717) is 13.1 Å². The van der Waals surface area contributed by atoms with Crippen molar-refractivity contribution in [1.82, 2.24) is 5.32 Å². The van der Waals surface area contributed by atoms with Gasteiger partial charge in [0.25, 0.3) is 0 Å². The average Bonchev–Trinajstić information content (AvgIpc) is 2.28. The Hall–Kier alpha value is -0.900. The van der Waals surface area contributed by atoms with Gasteiger partial charge in [-0.05, 0) is 31.7 Å². The van der Waals surface area contributed by atoms with Crippen LogP contribution in [0.4, 0.5) is 0 Å². The molecule has 1 aromatic carbocycles. The predicted molar refractivity (Wildman–Crippen MR) is 67.7 cm³/mol. The van der Waals surface area contributed by atoms with Crippen LogP contribution in [-0.2, 0) is 5.60 Å². The van der Waals surface area contributed by atoms with Crippen molar-refractivity contribution in [3.8, 4) is 0 Å². The molecule has 1 aromatic rings. The molecule has 3 nitrogen and oxygen atoms in total. The van der Waals surface area contributed by atoms with Gasteiger partial charge in [-0.15, -0.1) is 0 Å². The minimum atomic E-state index is -0.888. The first-order valence-electron chi connectivity index (χ1n) is 6.23. The first kappa shape index (κ1) is 12.6. The highest BCUT2D eigenvalue weighted by Gasteiger charge is 2.34. The van der Waals surface area contributed by atoms with Crippen molar-refractivity contribution in [3.63, 3.8) is 0 Å². The molecule has 1 fully saturated rings. The van der Waals surface area contributed by atoms with Crippen LogP contribution < -0.4 is 5.32 Å². The molecule has 0 radical (unpaired) electrons. The van der Waals surface area contributed by atoms with E-state index in [1.54, 1.807) is 6.92 Å². The Bertz CT molecular complexity index is 358. The molecule has 1 aliphatic carbocycles. The molecular formula is C14H21NO2. The Morgan fingerprint density at radius 2 is 1.94 bits per heavy atom. The minimum absolute atomic E-state index is 0.458. The Morgan fingerprint density at radius 3 is 2.47 bits per heavy atom. The van der Waals surface area contributed by atoms with Gasteiger partial charge in [0, 0.05) is 13.1 Å². The van der Waals surface area contributed by atoms with Gasteiger partial charge < -0.3 is 15.5 Å². The molecule has 0 spiro atoms. The third-order valence-electron chi connectivity index (χ3n) is 3.60. The summed E-state index contributed by atoms with van der Waals surface area (Å²) in [7, 11) is 0. The second-order valence-electron chi connectivity index (χ2n) is 5.32. The van der Waals surface area contributed by atoms with Crippen LogP contribution in [0.2, 0.25) is 0 Å². The van der Waals surface area contributed by atoms with Crippen LogP contribution >= 0.6 is 0 Å². The van der Waals surface area contributed by atoms with E-state index in [1.165, 1.54) is 0 Å². The van der Waals surface area contributed by atoms with E-state index in [-0.39, 0.29) is 0 Å². The fourth-order valence-corrected chi connectivity index (χ4v) is 2.20. The molecule has 3 N–H and O–H groups in total. The molecule has 2 rings (SSSR count). The Kier molecular flexibility index (Phi) is 3.52. The summed E-state index contributed by atoms with van der Waals surface area (Å²) in [6.45, 7) is 2.81. The topological polar surface area (TPSA) is 52.5 Å². The molecular weight excluding hydrogens is 214 g/mol. The van der Waals surface area contributed by atoms with Gasteiger partial charge in [0.1, 0.15) is 0 Å². The summed E-state index contributed by atoms with van der Waals surface area (Å²) < 4.78 is 0. The lowest BCUT2D eigenvalue weighted by Crippen LogP contribution is -2.49. The molecule has 1 atom stereocenters. The maximum atomic E-state index is 10.3. The van der Waals surface area contributed by atoms with Gasteiger partial charge in [-0.1, -0.05) is 30.3 Å². The molecule has 1 unspecified atom stereocenters. The minimum Gasteiger partial charge on any atom is -0.389 e. The molecule has 0 aliphatic heterocycles. The van der Waals surface area contributed by atoms with E-state index < -0.39 is 11.2 Å². The van der Waals surface area contributed by atoms with Gasteiger partial charge in [0.15, 0.2) is 0 Å². The zero-order valence-corrected chi connectivity index (χ0v) is 10.3. The van der Waals surface area contributed by atoms with Crippen LogP contribution in [-0.4, -0.2) is 28.9 Å². The maximum absolute atomic E-state index is 10.3. The second kappa shape index (κ2) is 4.77. The van der Waals surface area contributed by atoms with Crippen LogP contribution in [0, 0.1) is 0 Å². The van der Waals surface area contributed by atoms with Crippen molar-refractivity contribution < 1.29 is 10.2 Å². The summed E-state index contributed by atoms with van der Waals surface area (Å²) >= 11 is 0. The lowest BCUT2D eigenvalue weighted by atomic mass is 9.80. The quantitative estimate of drug-likeness (QED) is 0.723. The monoisotopic (exact) mass is 235 g/mol. The Labute approximate surface area is 102 Å². The van der Waals surface area contributed by atoms with Crippen molar-refractivity contribution in [2.24, 2.45) is 0 Å². The third-order valence-corrected chi connectivity index (χ3v) is 3.60. The molecule has 0 bridgehead atoms. The average molecular weight is 235 g/mol. The lowest BCUT2D eigenvalue weighted by molar-refractivity contribution is -0.0367. The number of hydrogen-bond acceptors (Lipinski definition) is 3. The molecule has 0 heterocycles. The van der Waals surface area contributed by atoms with Crippen molar-refractivity contribution in [3.05, 3.63) is 35.9 Å². The van der Waals surface area contributed by atoms with E-state index in [2.05, 4.69) is 5.32 Å². The summed E-state index contributed by atoms with van der Waals surface area (Å²) in [4.78, 5) is 0. The van der Waals surface area contributed by atoms with Crippen LogP contribution in [0.5, 0.6) is 0 Å². The largest absolute Gasteiger partial charge is 0.389 e. The fourth-order valence-electron chi connectivity index (χ4n) is 2.20. The zero-order valence-electron chi connectivity index (χ0n) is 10.3. The van der Waals surface area contributed by atoms with Crippen LogP contribution in [0.25, 0.3) is 0 Å². The van der Waals surface area contributed by atoms with E-state index >= 15 is 0 Å². The molecule has 0 aromatic heterocycles. The Balaban J connectivity index is 1.85. The third kappa shape index (κ3) is 3.06. The molecule has 94 valence electrons. The molecule has 3 heteroatoms. The van der Waals surface area contributed by atoms with E-state index in [9.17, 15) is 10.2 Å². The van der Waals surface area contributed by atoms with E-state index in [1.807, 2.05) is 30.3 Å². The van der Waals surface area contributed by atoms with E-state index in [0.717, 1.165) is 24.8 Å². The number of hydrogen-bond donors (Lipinski definition) is 3. The van der Waals surface area contributed by atoms with Gasteiger partial charge in [-0.25, -0.2) is 0 Å². The summed E-state index contributed by atoms with van der Waals surface area (Å²) in [5.74, 6) is 0. The Morgan fingerprint density at radius 1 is 1.29 bits per heavy atom. The number of nitrogens with one attached hydrogen (secondary N) is 1. The standard InChI is InChI=1S/C14H21NO2/c1-13(16,12-6-3-2-4-7-12)10-15-11-14(17)8-5-9-14/h2-4,6-7,15-17H,5,8-11H2,1H3. The SMILES string of the molecule is CC(O)(CNCC1(O)CCC1)c1ccccc1. The number of rotatable bonds is 5. The van der Waals surface area contributed by atoms with Crippen molar-refractivity contribution >= 4 is 0 Å². The molecule has 1 saturated carbocycles. The molecule has 0 amide bonds. The van der Waals surface area contributed by atoms with Gasteiger partial charge in [0.05, 0.1) is 11.2 Å². The first-order chi connectivity index (χ1) is 8.02. The van der Waals surface area contributed by atoms with Crippen molar-refractivity contribution in [2.75, 3.05) is 13.1 Å². The fraction of sp³-hybridized carbons (Fsp3) is 0.571. The van der Waals surface area contributed by atoms with Gasteiger partial charge in [-0.3, -0.25) is 0 Å². The summed E-state index contributed by atoms with van der Waals surface area (Å²) in [6.07, 6.45) is 2.84. The van der Waals surface area contributed by atoms with Gasteiger partial charge >= 0.3 is 0 Å². The number of aliphatic hydroxyl groups is 2. The van der Waals surface area contributed by atoms with Crippen molar-refractivity contribution in [1.29, 1.82) is 0 Å². The highest BCUT2D eigenvalue weighted by molar-refractivity contribution is 5.21. The molecule has 17 heavy (non-hydrogen) atoms. The van der Waals surface area contributed by atoms with Crippen LogP contribution in [0.15, 0.2) is 30.3 Å². The molecule has 0 saturated heterocycles. The van der Waals surface area contributed by atoms with E-state index in [4.69, 9.17) is 0 Å². The molecule has 1 aliphatic rings. The van der Waals surface area contributed by atoms with Crippen molar-refractivity contribution in [2.45, 2.75) is 37.4 Å². The summed E-state index contributed by atoms with van der Waals surface area (Å²) in [6, 6.07) is 9.61. The normalized spacial score (nSPS) is 21.6. The van der Waals surface area contributed by atoms with Crippen LogP contribution in [0.3, 0.4) is 0 Å². The van der Waals surface area contributed by atoms with Gasteiger partial charge in [0.2, 0.25) is 0 Å². The highest BCUT2D eigenvalue weighted by atomic mass is 16.3. The summed E-state index contributed by atoms with van der Waals surface area (Å²) in [5, 5.41) is 23.4. The van der Waals surface area contributed by atoms with Gasteiger partial charge in [-0.2, -0.15) is 0 Å². The highest BCUT2D eigenvalue weighted by Crippen LogP contribution is 2.30. The number of benzene rings is 1. The predicted octanol–water partition coefficient (Wildman–Crippen LogP) is 1.40. The first-order valence-corrected chi connectivity index (χ1v) is 6.23. The second-order valence-corrected chi connectivity index (χ2v) is 5.32. The summed E-state index contributed by atoms with van der Waals surface area (Å²) in [5.41, 5.74) is -0.526. The zero-order chi connectivity index (χ0) is 12.4. The smallest absolute Gasteiger partial charge is 0.0992 e. The maximum Gasteiger partial charge on any atom is 0.0992 e. The lowest BCUT2D eigenvalue weighted by Gasteiger charge is -2.37.